The molecule has 4 heteroatoms. The molecule has 0 bridgehead atoms. The smallest absolute Gasteiger partial charge is 0.129 e. The number of hydrogen-bond acceptors (Lipinski definition) is 2. The zero-order valence-corrected chi connectivity index (χ0v) is 16.3. The van der Waals surface area contributed by atoms with Crippen LogP contribution < -0.4 is 4.74 Å². The molecule has 26 heavy (non-hydrogen) atoms. The summed E-state index contributed by atoms with van der Waals surface area (Å²) in [6.07, 6.45) is 1.78. The molecule has 2 nitrogen and oxygen atoms in total. The van der Waals surface area contributed by atoms with Gasteiger partial charge in [0.1, 0.15) is 18.2 Å². The molecule has 0 aliphatic heterocycles. The standard InChI is InChI=1S/C22H19BrFNO/c1-15-6-5-9-21(16(15)2)25-13-18-12-19(23)10-11-22(18)26-14-17-7-3-4-8-20(17)24/h3-13H,14H2,1-2H3. The monoisotopic (exact) mass is 411 g/mol. The molecule has 3 aromatic rings. The molecule has 0 saturated heterocycles. The molecule has 3 aromatic carbocycles. The molecule has 0 aromatic heterocycles. The van der Waals surface area contributed by atoms with Gasteiger partial charge in [0, 0.05) is 21.8 Å². The van der Waals surface area contributed by atoms with E-state index in [4.69, 9.17) is 4.74 Å². The van der Waals surface area contributed by atoms with E-state index in [1.807, 2.05) is 30.3 Å². The Balaban J connectivity index is 1.85. The number of halogens is 2. The summed E-state index contributed by atoms with van der Waals surface area (Å²) in [4.78, 5) is 4.61. The first-order valence-electron chi connectivity index (χ1n) is 8.30. The SMILES string of the molecule is Cc1cccc(N=Cc2cc(Br)ccc2OCc2ccccc2F)c1C. The van der Waals surface area contributed by atoms with Crippen molar-refractivity contribution < 1.29 is 9.13 Å². The molecule has 0 fully saturated rings. The number of aliphatic imine (C=N–C) groups is 1. The fraction of sp³-hybridized carbons (Fsp3) is 0.136. The van der Waals surface area contributed by atoms with Gasteiger partial charge in [-0.15, -0.1) is 0 Å². The Kier molecular flexibility index (Phi) is 5.84. The van der Waals surface area contributed by atoms with Crippen LogP contribution in [0, 0.1) is 19.7 Å². The lowest BCUT2D eigenvalue weighted by atomic mass is 10.1. The molecule has 132 valence electrons. The molecular weight excluding hydrogens is 393 g/mol. The Morgan fingerprint density at radius 3 is 2.65 bits per heavy atom. The van der Waals surface area contributed by atoms with Crippen LogP contribution in [0.15, 0.2) is 70.1 Å². The average Bonchev–Trinajstić information content (AvgIpc) is 2.63. The maximum atomic E-state index is 13.8. The summed E-state index contributed by atoms with van der Waals surface area (Å²) in [5.41, 5.74) is 4.62. The highest BCUT2D eigenvalue weighted by atomic mass is 79.9. The van der Waals surface area contributed by atoms with Gasteiger partial charge >= 0.3 is 0 Å². The van der Waals surface area contributed by atoms with Crippen molar-refractivity contribution in [1.82, 2.24) is 0 Å². The van der Waals surface area contributed by atoms with Gasteiger partial charge in [0.05, 0.1) is 5.69 Å². The van der Waals surface area contributed by atoms with Crippen molar-refractivity contribution in [2.45, 2.75) is 20.5 Å². The Morgan fingerprint density at radius 1 is 1.04 bits per heavy atom. The summed E-state index contributed by atoms with van der Waals surface area (Å²) < 4.78 is 20.6. The zero-order valence-electron chi connectivity index (χ0n) is 14.7. The second-order valence-electron chi connectivity index (χ2n) is 6.04. The van der Waals surface area contributed by atoms with Crippen LogP contribution in [-0.2, 0) is 6.61 Å². The van der Waals surface area contributed by atoms with E-state index in [1.54, 1.807) is 24.4 Å². The number of hydrogen-bond donors (Lipinski definition) is 0. The van der Waals surface area contributed by atoms with Gasteiger partial charge in [-0.3, -0.25) is 4.99 Å². The number of benzene rings is 3. The van der Waals surface area contributed by atoms with Crippen molar-refractivity contribution in [3.05, 3.63) is 93.2 Å². The van der Waals surface area contributed by atoms with Gasteiger partial charge in [-0.05, 0) is 55.3 Å². The Hall–Kier alpha value is -2.46. The van der Waals surface area contributed by atoms with E-state index >= 15 is 0 Å². The molecule has 0 amide bonds. The van der Waals surface area contributed by atoms with Crippen LogP contribution in [0.1, 0.15) is 22.3 Å². The summed E-state index contributed by atoms with van der Waals surface area (Å²) in [7, 11) is 0. The van der Waals surface area contributed by atoms with E-state index in [0.29, 0.717) is 11.3 Å². The summed E-state index contributed by atoms with van der Waals surface area (Å²) >= 11 is 3.48. The Morgan fingerprint density at radius 2 is 1.85 bits per heavy atom. The van der Waals surface area contributed by atoms with E-state index in [9.17, 15) is 4.39 Å². The normalized spacial score (nSPS) is 11.1. The predicted molar refractivity (Wildman–Crippen MR) is 108 cm³/mol. The topological polar surface area (TPSA) is 21.6 Å². The van der Waals surface area contributed by atoms with Crippen LogP contribution >= 0.6 is 15.9 Å². The fourth-order valence-corrected chi connectivity index (χ4v) is 2.92. The fourth-order valence-electron chi connectivity index (χ4n) is 2.54. The minimum absolute atomic E-state index is 0.165. The summed E-state index contributed by atoms with van der Waals surface area (Å²) in [5.74, 6) is 0.390. The molecule has 0 radical (unpaired) electrons. The second-order valence-corrected chi connectivity index (χ2v) is 6.96. The molecule has 0 unspecified atom stereocenters. The number of nitrogens with zero attached hydrogens (tertiary/aromatic N) is 1. The van der Waals surface area contributed by atoms with Gasteiger partial charge in [0.2, 0.25) is 0 Å². The molecule has 3 rings (SSSR count). The number of aryl methyl sites for hydroxylation is 1. The zero-order chi connectivity index (χ0) is 18.5. The van der Waals surface area contributed by atoms with Crippen LogP contribution in [-0.4, -0.2) is 6.21 Å². The van der Waals surface area contributed by atoms with Crippen LogP contribution in [0.5, 0.6) is 5.75 Å². The van der Waals surface area contributed by atoms with E-state index in [0.717, 1.165) is 21.3 Å². The maximum absolute atomic E-state index is 13.8. The summed E-state index contributed by atoms with van der Waals surface area (Å²) in [6.45, 7) is 4.29. The van der Waals surface area contributed by atoms with E-state index < -0.39 is 0 Å². The molecular formula is C22H19BrFNO. The van der Waals surface area contributed by atoms with Gasteiger partial charge in [0.25, 0.3) is 0 Å². The minimum atomic E-state index is -0.268. The largest absolute Gasteiger partial charge is 0.488 e. The third-order valence-electron chi connectivity index (χ3n) is 4.23. The molecule has 0 aliphatic rings. The predicted octanol–water partition coefficient (Wildman–Crippen LogP) is 6.53. The maximum Gasteiger partial charge on any atom is 0.129 e. The highest BCUT2D eigenvalue weighted by Gasteiger charge is 2.06. The van der Waals surface area contributed by atoms with Crippen molar-refractivity contribution in [1.29, 1.82) is 0 Å². The van der Waals surface area contributed by atoms with E-state index in [1.165, 1.54) is 11.6 Å². The quantitative estimate of drug-likeness (QED) is 0.437. The molecule has 0 heterocycles. The van der Waals surface area contributed by atoms with Crippen LogP contribution in [0.4, 0.5) is 10.1 Å². The third kappa shape index (κ3) is 4.38. The molecule has 0 aliphatic carbocycles. The average molecular weight is 412 g/mol. The highest BCUT2D eigenvalue weighted by Crippen LogP contribution is 2.25. The molecule has 0 spiro atoms. The molecule has 0 N–H and O–H groups in total. The van der Waals surface area contributed by atoms with Crippen molar-refractivity contribution in [2.75, 3.05) is 0 Å². The highest BCUT2D eigenvalue weighted by molar-refractivity contribution is 9.10. The number of ether oxygens (including phenoxy) is 1. The van der Waals surface area contributed by atoms with Gasteiger partial charge in [-0.25, -0.2) is 4.39 Å². The summed E-state index contributed by atoms with van der Waals surface area (Å²) in [6, 6.07) is 18.3. The van der Waals surface area contributed by atoms with Crippen LogP contribution in [0.25, 0.3) is 0 Å². The van der Waals surface area contributed by atoms with Crippen molar-refractivity contribution >= 4 is 27.8 Å². The van der Waals surface area contributed by atoms with Crippen LogP contribution in [0.2, 0.25) is 0 Å². The van der Waals surface area contributed by atoms with Crippen LogP contribution in [0.3, 0.4) is 0 Å². The third-order valence-corrected chi connectivity index (χ3v) is 4.72. The Bertz CT molecular complexity index is 953. The first kappa shape index (κ1) is 18.3. The van der Waals surface area contributed by atoms with Gasteiger partial charge in [-0.1, -0.05) is 46.3 Å². The molecule has 0 saturated carbocycles. The van der Waals surface area contributed by atoms with Crippen molar-refractivity contribution in [3.8, 4) is 5.75 Å². The van der Waals surface area contributed by atoms with E-state index in [-0.39, 0.29) is 12.4 Å². The first-order valence-corrected chi connectivity index (χ1v) is 9.10. The lowest BCUT2D eigenvalue weighted by Gasteiger charge is -2.10. The van der Waals surface area contributed by atoms with E-state index in [2.05, 4.69) is 40.8 Å². The van der Waals surface area contributed by atoms with Gasteiger partial charge in [-0.2, -0.15) is 0 Å². The first-order chi connectivity index (χ1) is 12.5. The van der Waals surface area contributed by atoms with Gasteiger partial charge in [0.15, 0.2) is 0 Å². The lowest BCUT2D eigenvalue weighted by molar-refractivity contribution is 0.299. The minimum Gasteiger partial charge on any atom is -0.488 e. The van der Waals surface area contributed by atoms with Crippen molar-refractivity contribution in [2.24, 2.45) is 4.99 Å². The Labute approximate surface area is 161 Å². The van der Waals surface area contributed by atoms with Crippen molar-refractivity contribution in [3.63, 3.8) is 0 Å². The number of rotatable bonds is 5. The van der Waals surface area contributed by atoms with Gasteiger partial charge < -0.3 is 4.74 Å². The lowest BCUT2D eigenvalue weighted by Crippen LogP contribution is -2.00. The second kappa shape index (κ2) is 8.28. The summed E-state index contributed by atoms with van der Waals surface area (Å²) in [5, 5.41) is 0. The molecule has 0 atom stereocenters.